The van der Waals surface area contributed by atoms with E-state index in [0.717, 1.165) is 22.3 Å². The lowest BCUT2D eigenvalue weighted by atomic mass is 9.94. The number of benzene rings is 2. The summed E-state index contributed by atoms with van der Waals surface area (Å²) < 4.78 is 5.49. The minimum Gasteiger partial charge on any atom is -0.481 e. The fraction of sp³-hybridized carbons (Fsp3) is 0.304. The lowest BCUT2D eigenvalue weighted by Crippen LogP contribution is -2.47. The van der Waals surface area contributed by atoms with E-state index in [1.807, 2.05) is 36.4 Å². The quantitative estimate of drug-likeness (QED) is 0.693. The van der Waals surface area contributed by atoms with E-state index in [4.69, 9.17) is 4.74 Å². The highest BCUT2D eigenvalue weighted by molar-refractivity contribution is 5.79. The van der Waals surface area contributed by atoms with Gasteiger partial charge in [0.05, 0.1) is 18.1 Å². The Morgan fingerprint density at radius 1 is 0.966 bits per heavy atom. The van der Waals surface area contributed by atoms with Gasteiger partial charge in [-0.05, 0) is 35.1 Å². The topological polar surface area (TPSA) is 95.9 Å². The van der Waals surface area contributed by atoms with E-state index in [1.54, 1.807) is 12.2 Å². The second-order valence-electron chi connectivity index (χ2n) is 7.45. The number of carbonyl (C=O) groups excluding carboxylic acids is 1. The van der Waals surface area contributed by atoms with E-state index < -0.39 is 30.1 Å². The van der Waals surface area contributed by atoms with E-state index in [0.29, 0.717) is 6.42 Å². The molecular formula is C23H23NO5. The Morgan fingerprint density at radius 2 is 1.55 bits per heavy atom. The summed E-state index contributed by atoms with van der Waals surface area (Å²) >= 11 is 0. The second-order valence-corrected chi connectivity index (χ2v) is 7.45. The largest absolute Gasteiger partial charge is 0.481 e. The van der Waals surface area contributed by atoms with Crippen LogP contribution in [0.1, 0.15) is 29.9 Å². The van der Waals surface area contributed by atoms with Crippen molar-refractivity contribution in [2.24, 2.45) is 5.92 Å². The van der Waals surface area contributed by atoms with Crippen molar-refractivity contribution >= 4 is 12.1 Å². The monoisotopic (exact) mass is 393 g/mol. The molecule has 1 amide bonds. The molecule has 0 saturated heterocycles. The average molecular weight is 393 g/mol. The molecule has 2 aromatic rings. The van der Waals surface area contributed by atoms with E-state index in [9.17, 15) is 19.8 Å². The molecule has 0 radical (unpaired) electrons. The first-order valence-electron chi connectivity index (χ1n) is 9.73. The summed E-state index contributed by atoms with van der Waals surface area (Å²) in [7, 11) is 0. The maximum Gasteiger partial charge on any atom is 0.407 e. The van der Waals surface area contributed by atoms with Crippen LogP contribution < -0.4 is 5.32 Å². The molecule has 0 spiro atoms. The number of aliphatic hydroxyl groups is 1. The first-order valence-corrected chi connectivity index (χ1v) is 9.73. The number of fused-ring (bicyclic) bond motifs is 3. The van der Waals surface area contributed by atoms with Gasteiger partial charge in [0.1, 0.15) is 6.61 Å². The first-order chi connectivity index (χ1) is 14.1. The van der Waals surface area contributed by atoms with E-state index in [-0.39, 0.29) is 18.9 Å². The van der Waals surface area contributed by atoms with Gasteiger partial charge in [0.2, 0.25) is 0 Å². The van der Waals surface area contributed by atoms with Gasteiger partial charge in [-0.1, -0.05) is 60.7 Å². The third-order valence-electron chi connectivity index (χ3n) is 5.74. The minimum absolute atomic E-state index is 0.0566. The Kier molecular flexibility index (Phi) is 5.36. The molecule has 2 aromatic carbocycles. The fourth-order valence-corrected chi connectivity index (χ4v) is 4.23. The van der Waals surface area contributed by atoms with Gasteiger partial charge >= 0.3 is 12.1 Å². The van der Waals surface area contributed by atoms with Gasteiger partial charge in [-0.15, -0.1) is 0 Å². The van der Waals surface area contributed by atoms with Gasteiger partial charge in [-0.3, -0.25) is 4.79 Å². The summed E-state index contributed by atoms with van der Waals surface area (Å²) in [5.74, 6) is -2.09. The van der Waals surface area contributed by atoms with Crippen LogP contribution in [-0.4, -0.2) is 41.0 Å². The molecule has 0 saturated carbocycles. The number of rotatable bonds is 4. The SMILES string of the molecule is O=C(N[C@H]1CC=CC[C@H](C(=O)O)[C@@H]1O)OCC1c2ccccc2-c2ccccc21. The number of ether oxygens (including phenoxy) is 1. The molecule has 0 fully saturated rings. The number of carbonyl (C=O) groups is 2. The molecule has 0 aromatic heterocycles. The fourth-order valence-electron chi connectivity index (χ4n) is 4.23. The van der Waals surface area contributed by atoms with E-state index in [2.05, 4.69) is 17.4 Å². The van der Waals surface area contributed by atoms with Crippen molar-refractivity contribution in [2.45, 2.75) is 30.9 Å². The van der Waals surface area contributed by atoms with Crippen LogP contribution in [0.4, 0.5) is 4.79 Å². The average Bonchev–Trinajstić information content (AvgIpc) is 2.92. The molecule has 6 heteroatoms. The summed E-state index contributed by atoms with van der Waals surface area (Å²) in [6.45, 7) is 0.168. The molecule has 0 bridgehead atoms. The van der Waals surface area contributed by atoms with Gasteiger partial charge < -0.3 is 20.3 Å². The number of allylic oxidation sites excluding steroid dienone is 1. The maximum atomic E-state index is 12.4. The third-order valence-corrected chi connectivity index (χ3v) is 5.74. The number of alkyl carbamates (subject to hydrolysis) is 1. The van der Waals surface area contributed by atoms with Crippen LogP contribution in [0.5, 0.6) is 0 Å². The molecule has 0 heterocycles. The normalized spacial score (nSPS) is 23.0. The first kappa shape index (κ1) is 19.2. The number of aliphatic carboxylic acids is 1. The van der Waals surface area contributed by atoms with Crippen LogP contribution in [0.15, 0.2) is 60.7 Å². The number of carboxylic acid groups (broad SMARTS) is 1. The Labute approximate surface area is 168 Å². The number of nitrogens with one attached hydrogen (secondary N) is 1. The molecule has 0 unspecified atom stereocenters. The third kappa shape index (κ3) is 3.76. The highest BCUT2D eigenvalue weighted by Gasteiger charge is 2.35. The zero-order valence-corrected chi connectivity index (χ0v) is 15.8. The molecule has 6 nitrogen and oxygen atoms in total. The van der Waals surface area contributed by atoms with Crippen LogP contribution in [-0.2, 0) is 9.53 Å². The molecule has 2 aliphatic carbocycles. The highest BCUT2D eigenvalue weighted by Crippen LogP contribution is 2.44. The van der Waals surface area contributed by atoms with Crippen molar-refractivity contribution in [3.63, 3.8) is 0 Å². The van der Waals surface area contributed by atoms with Crippen LogP contribution >= 0.6 is 0 Å². The number of amides is 1. The molecule has 2 aliphatic rings. The molecule has 0 aliphatic heterocycles. The van der Waals surface area contributed by atoms with Gasteiger partial charge in [0.25, 0.3) is 0 Å². The summed E-state index contributed by atoms with van der Waals surface area (Å²) in [6.07, 6.45) is 2.26. The van der Waals surface area contributed by atoms with E-state index in [1.165, 1.54) is 0 Å². The van der Waals surface area contributed by atoms with Crippen molar-refractivity contribution in [3.8, 4) is 11.1 Å². The van der Waals surface area contributed by atoms with Crippen LogP contribution in [0.2, 0.25) is 0 Å². The van der Waals surface area contributed by atoms with Gasteiger partial charge in [-0.2, -0.15) is 0 Å². The molecule has 150 valence electrons. The minimum atomic E-state index is -1.18. The zero-order chi connectivity index (χ0) is 20.4. The number of carboxylic acids is 1. The van der Waals surface area contributed by atoms with E-state index >= 15 is 0 Å². The van der Waals surface area contributed by atoms with Crippen molar-refractivity contribution in [1.29, 1.82) is 0 Å². The second kappa shape index (κ2) is 8.09. The van der Waals surface area contributed by atoms with Crippen molar-refractivity contribution in [2.75, 3.05) is 6.61 Å². The van der Waals surface area contributed by atoms with Gasteiger partial charge in [0.15, 0.2) is 0 Å². The zero-order valence-electron chi connectivity index (χ0n) is 15.8. The summed E-state index contributed by atoms with van der Waals surface area (Å²) in [6, 6.07) is 15.4. The molecule has 29 heavy (non-hydrogen) atoms. The Balaban J connectivity index is 1.44. The van der Waals surface area contributed by atoms with Crippen molar-refractivity contribution < 1.29 is 24.5 Å². The number of hydrogen-bond donors (Lipinski definition) is 3. The summed E-state index contributed by atoms with van der Waals surface area (Å²) in [4.78, 5) is 23.8. The van der Waals surface area contributed by atoms with Crippen molar-refractivity contribution in [1.82, 2.24) is 5.32 Å². The molecular weight excluding hydrogens is 370 g/mol. The predicted octanol–water partition coefficient (Wildman–Crippen LogP) is 3.31. The lowest BCUT2D eigenvalue weighted by molar-refractivity contribution is -0.146. The standard InChI is InChI=1S/C23H23NO5/c25-21-18(22(26)27)11-5-6-12-20(21)24-23(28)29-13-19-16-9-3-1-7-14(16)15-8-2-4-10-17(15)19/h1-10,18-21,25H,11-13H2,(H,24,28)(H,26,27)/t18-,20-,21-/m0/s1. The van der Waals surface area contributed by atoms with Crippen molar-refractivity contribution in [3.05, 3.63) is 71.8 Å². The summed E-state index contributed by atoms with van der Waals surface area (Å²) in [5, 5.41) is 22.3. The Hall–Kier alpha value is -3.12. The predicted molar refractivity (Wildman–Crippen MR) is 107 cm³/mol. The van der Waals surface area contributed by atoms with Gasteiger partial charge in [0, 0.05) is 5.92 Å². The number of hydrogen-bond acceptors (Lipinski definition) is 4. The Bertz CT molecular complexity index is 908. The molecule has 3 atom stereocenters. The van der Waals surface area contributed by atoms with Crippen LogP contribution in [0.3, 0.4) is 0 Å². The molecule has 4 rings (SSSR count). The van der Waals surface area contributed by atoms with Gasteiger partial charge in [-0.25, -0.2) is 4.79 Å². The Morgan fingerprint density at radius 3 is 2.17 bits per heavy atom. The maximum absolute atomic E-state index is 12.4. The lowest BCUT2D eigenvalue weighted by Gasteiger charge is -2.25. The highest BCUT2D eigenvalue weighted by atomic mass is 16.5. The molecule has 3 N–H and O–H groups in total. The number of aliphatic hydroxyl groups excluding tert-OH is 1. The van der Waals surface area contributed by atoms with Crippen LogP contribution in [0, 0.1) is 5.92 Å². The smallest absolute Gasteiger partial charge is 0.407 e. The summed E-state index contributed by atoms with van der Waals surface area (Å²) in [5.41, 5.74) is 4.52. The van der Waals surface area contributed by atoms with Crippen LogP contribution in [0.25, 0.3) is 11.1 Å².